The number of rotatable bonds is 7. The minimum atomic E-state index is -2.97. The molecule has 0 saturated heterocycles. The second kappa shape index (κ2) is 7.71. The van der Waals surface area contributed by atoms with E-state index in [-0.39, 0.29) is 15.9 Å². The minimum absolute atomic E-state index is 0.147. The van der Waals surface area contributed by atoms with Gasteiger partial charge in [-0.1, -0.05) is 71.9 Å². The van der Waals surface area contributed by atoms with Crippen LogP contribution in [0.3, 0.4) is 0 Å². The van der Waals surface area contributed by atoms with Gasteiger partial charge in [-0.2, -0.15) is 0 Å². The highest BCUT2D eigenvalue weighted by Crippen LogP contribution is 2.53. The fourth-order valence-corrected chi connectivity index (χ4v) is 7.52. The lowest BCUT2D eigenvalue weighted by atomic mass is 10.1. The second-order valence-electron chi connectivity index (χ2n) is 8.43. The van der Waals surface area contributed by atoms with Gasteiger partial charge in [0.05, 0.1) is 6.54 Å². The third-order valence-electron chi connectivity index (χ3n) is 4.59. The van der Waals surface area contributed by atoms with Crippen LogP contribution < -0.4 is 5.32 Å². The van der Waals surface area contributed by atoms with Gasteiger partial charge in [-0.3, -0.25) is 4.79 Å². The summed E-state index contributed by atoms with van der Waals surface area (Å²) < 4.78 is 15.7. The number of hydrogen-bond donors (Lipinski definition) is 1. The Morgan fingerprint density at radius 1 is 1.04 bits per heavy atom. The largest absolute Gasteiger partial charge is 0.313 e. The molecule has 0 heterocycles. The van der Waals surface area contributed by atoms with Crippen molar-refractivity contribution < 1.29 is 8.90 Å². The molecule has 0 radical (unpaired) electrons. The van der Waals surface area contributed by atoms with Crippen LogP contribution in [0.25, 0.3) is 0 Å². The van der Waals surface area contributed by atoms with Gasteiger partial charge in [0.15, 0.2) is 5.78 Å². The van der Waals surface area contributed by atoms with Crippen LogP contribution in [-0.2, 0) is 11.2 Å². The summed E-state index contributed by atoms with van der Waals surface area (Å²) in [6.45, 7) is 12.9. The zero-order valence-corrected chi connectivity index (χ0v) is 16.5. The van der Waals surface area contributed by atoms with Gasteiger partial charge in [0.2, 0.25) is 0 Å². The number of halogens is 1. The van der Waals surface area contributed by atoms with E-state index < -0.39 is 8.41 Å². The van der Waals surface area contributed by atoms with Crippen molar-refractivity contribution in [2.24, 2.45) is 0 Å². The Kier molecular flexibility index (Phi) is 6.72. The summed E-state index contributed by atoms with van der Waals surface area (Å²) in [5.74, 6) is 0.147. The van der Waals surface area contributed by atoms with Gasteiger partial charge in [0.1, 0.15) is 0 Å². The van der Waals surface area contributed by atoms with Crippen LogP contribution in [0.2, 0.25) is 16.1 Å². The number of carbonyl (C=O) groups excluding carboxylic acids is 1. The van der Waals surface area contributed by atoms with Crippen LogP contribution in [0, 0.1) is 0 Å². The number of benzene rings is 1. The lowest BCUT2D eigenvalue weighted by Gasteiger charge is -2.44. The van der Waals surface area contributed by atoms with Gasteiger partial charge >= 0.3 is 0 Å². The fourth-order valence-electron chi connectivity index (χ4n) is 3.25. The van der Waals surface area contributed by atoms with Crippen molar-refractivity contribution in [3.8, 4) is 0 Å². The summed E-state index contributed by atoms with van der Waals surface area (Å²) in [6, 6.07) is 10.3. The number of nitrogens with one attached hydrogen (secondary N) is 1. The van der Waals surface area contributed by atoms with E-state index in [0.29, 0.717) is 25.6 Å². The van der Waals surface area contributed by atoms with Gasteiger partial charge in [-0.05, 0) is 28.2 Å². The third-order valence-corrected chi connectivity index (χ3v) is 10.3. The Balaban J connectivity index is 2.48. The lowest BCUT2D eigenvalue weighted by molar-refractivity contribution is -0.117. The number of ketones is 1. The second-order valence-corrected chi connectivity index (χ2v) is 13.5. The van der Waals surface area contributed by atoms with Crippen LogP contribution in [0.4, 0.5) is 4.11 Å². The van der Waals surface area contributed by atoms with Crippen molar-refractivity contribution >= 4 is 14.2 Å². The molecule has 0 saturated carbocycles. The molecular weight excluding hydrogens is 305 g/mol. The number of Topliss-reactive ketones (excluding diaryl/α,β-unsaturated/α-hetero) is 1. The highest BCUT2D eigenvalue weighted by Gasteiger charge is 2.54. The average Bonchev–Trinajstić information content (AvgIpc) is 2.42. The van der Waals surface area contributed by atoms with E-state index in [1.54, 1.807) is 0 Å². The molecule has 0 fully saturated rings. The van der Waals surface area contributed by atoms with Crippen molar-refractivity contribution in [2.75, 3.05) is 13.1 Å². The number of hydrogen-bond acceptors (Lipinski definition) is 2. The summed E-state index contributed by atoms with van der Waals surface area (Å²) in [5, 5.41) is 2.54. The first-order valence-electron chi connectivity index (χ1n) is 8.43. The Morgan fingerprint density at radius 2 is 1.57 bits per heavy atom. The maximum atomic E-state index is 15.7. The topological polar surface area (TPSA) is 29.1 Å². The molecule has 0 aliphatic carbocycles. The summed E-state index contributed by atoms with van der Waals surface area (Å²) in [6.07, 6.45) is 0.435. The average molecular weight is 338 g/mol. The Morgan fingerprint density at radius 3 is 2.04 bits per heavy atom. The quantitative estimate of drug-likeness (QED) is 0.435. The van der Waals surface area contributed by atoms with E-state index >= 15 is 4.11 Å². The normalized spacial score (nSPS) is 13.2. The van der Waals surface area contributed by atoms with Crippen LogP contribution >= 0.6 is 0 Å². The standard InChI is InChI=1S/C19H32FNOSi/c1-18(2,3)23(20,19(4,5)6)13-12-21-15-17(22)14-16-10-8-7-9-11-16/h7-11,21H,12-15H2,1-6H3. The Labute approximate surface area is 142 Å². The molecule has 130 valence electrons. The predicted octanol–water partition coefficient (Wildman–Crippen LogP) is 4.90. The van der Waals surface area contributed by atoms with Crippen LogP contribution in [0.15, 0.2) is 30.3 Å². The molecule has 0 bridgehead atoms. The maximum absolute atomic E-state index is 15.7. The predicted molar refractivity (Wildman–Crippen MR) is 99.1 cm³/mol. The van der Waals surface area contributed by atoms with E-state index in [2.05, 4.69) is 5.32 Å². The minimum Gasteiger partial charge on any atom is -0.313 e. The van der Waals surface area contributed by atoms with E-state index in [1.807, 2.05) is 71.9 Å². The molecule has 0 aromatic heterocycles. The Bertz CT molecular complexity index is 488. The molecule has 1 rings (SSSR count). The molecule has 1 aromatic carbocycles. The molecule has 1 N–H and O–H groups in total. The van der Waals surface area contributed by atoms with Gasteiger partial charge < -0.3 is 9.42 Å². The molecule has 4 heteroatoms. The molecule has 0 aliphatic heterocycles. The molecule has 0 spiro atoms. The molecule has 0 unspecified atom stereocenters. The van der Waals surface area contributed by atoms with Crippen LogP contribution in [0.1, 0.15) is 47.1 Å². The molecule has 0 amide bonds. The fraction of sp³-hybridized carbons (Fsp3) is 0.632. The smallest absolute Gasteiger partial charge is 0.258 e. The maximum Gasteiger partial charge on any atom is 0.258 e. The SMILES string of the molecule is CC(C)(C)[Si](F)(CCNCC(=O)Cc1ccccc1)C(C)(C)C. The van der Waals surface area contributed by atoms with Crippen molar-refractivity contribution in [3.05, 3.63) is 35.9 Å². The molecular formula is C19H32FNOSi. The summed E-state index contributed by atoms with van der Waals surface area (Å²) in [7, 11) is -2.97. The molecule has 0 atom stereocenters. The highest BCUT2D eigenvalue weighted by atomic mass is 28.4. The monoisotopic (exact) mass is 337 g/mol. The first kappa shape index (κ1) is 20.0. The third kappa shape index (κ3) is 5.54. The van der Waals surface area contributed by atoms with Crippen molar-refractivity contribution in [1.82, 2.24) is 5.32 Å². The summed E-state index contributed by atoms with van der Waals surface area (Å²) in [4.78, 5) is 12.0. The molecule has 0 aliphatic rings. The van der Waals surface area contributed by atoms with E-state index in [1.165, 1.54) is 0 Å². The van der Waals surface area contributed by atoms with Crippen molar-refractivity contribution in [1.29, 1.82) is 0 Å². The first-order chi connectivity index (χ1) is 10.5. The zero-order chi connectivity index (χ0) is 17.7. The zero-order valence-electron chi connectivity index (χ0n) is 15.5. The highest BCUT2D eigenvalue weighted by molar-refractivity contribution is 6.78. The summed E-state index contributed by atoms with van der Waals surface area (Å²) in [5.41, 5.74) is 1.03. The van der Waals surface area contributed by atoms with Gasteiger partial charge in [0.25, 0.3) is 8.41 Å². The first-order valence-corrected chi connectivity index (χ1v) is 10.5. The van der Waals surface area contributed by atoms with E-state index in [4.69, 9.17) is 0 Å². The number of carbonyl (C=O) groups is 1. The summed E-state index contributed by atoms with van der Waals surface area (Å²) >= 11 is 0. The van der Waals surface area contributed by atoms with Gasteiger partial charge in [-0.25, -0.2) is 0 Å². The van der Waals surface area contributed by atoms with Crippen LogP contribution in [0.5, 0.6) is 0 Å². The lowest BCUT2D eigenvalue weighted by Crippen LogP contribution is -2.49. The van der Waals surface area contributed by atoms with Gasteiger partial charge in [0, 0.05) is 6.42 Å². The van der Waals surface area contributed by atoms with Crippen LogP contribution in [-0.4, -0.2) is 27.3 Å². The van der Waals surface area contributed by atoms with E-state index in [0.717, 1.165) is 5.56 Å². The van der Waals surface area contributed by atoms with Gasteiger partial charge in [-0.15, -0.1) is 0 Å². The van der Waals surface area contributed by atoms with Crippen molar-refractivity contribution in [3.63, 3.8) is 0 Å². The van der Waals surface area contributed by atoms with Crippen molar-refractivity contribution in [2.45, 2.75) is 64.1 Å². The Hall–Kier alpha value is -1.00. The molecule has 2 nitrogen and oxygen atoms in total. The van der Waals surface area contributed by atoms with E-state index in [9.17, 15) is 4.79 Å². The molecule has 1 aromatic rings. The molecule has 23 heavy (non-hydrogen) atoms.